The minimum Gasteiger partial charge on any atom is -0.501 e. The second-order valence-electron chi connectivity index (χ2n) is 2.61. The fourth-order valence-corrected chi connectivity index (χ4v) is 1.32. The molecule has 14 heavy (non-hydrogen) atoms. The fourth-order valence-electron chi connectivity index (χ4n) is 0.930. The molecule has 0 atom stereocenters. The van der Waals surface area contributed by atoms with Crippen molar-refractivity contribution in [2.24, 2.45) is 0 Å². The molecule has 3 nitrogen and oxygen atoms in total. The first kappa shape index (κ1) is 10.8. The summed E-state index contributed by atoms with van der Waals surface area (Å²) in [5, 5.41) is 0. The Balaban J connectivity index is 2.73. The van der Waals surface area contributed by atoms with Gasteiger partial charge in [-0.25, -0.2) is 8.42 Å². The third-order valence-corrected chi connectivity index (χ3v) is 2.35. The number of rotatable bonds is 4. The quantitative estimate of drug-likeness (QED) is 0.609. The molecule has 0 N–H and O–H groups in total. The van der Waals surface area contributed by atoms with Crippen molar-refractivity contribution in [3.05, 3.63) is 36.1 Å². The lowest BCUT2D eigenvalue weighted by Crippen LogP contribution is -1.81. The van der Waals surface area contributed by atoms with Crippen LogP contribution in [0.1, 0.15) is 12.5 Å². The lowest BCUT2D eigenvalue weighted by molar-refractivity contribution is 0.272. The molecule has 0 saturated heterocycles. The van der Waals surface area contributed by atoms with Crippen LogP contribution >= 0.6 is 0 Å². The summed E-state index contributed by atoms with van der Waals surface area (Å²) in [6, 6.07) is 6.60. The van der Waals surface area contributed by atoms with Crippen molar-refractivity contribution in [2.75, 3.05) is 6.61 Å². The van der Waals surface area contributed by atoms with Crippen molar-refractivity contribution >= 4 is 16.8 Å². The maximum absolute atomic E-state index is 10.6. The maximum atomic E-state index is 10.6. The van der Waals surface area contributed by atoms with E-state index in [0.29, 0.717) is 11.5 Å². The van der Waals surface area contributed by atoms with E-state index < -0.39 is 10.7 Å². The largest absolute Gasteiger partial charge is 0.501 e. The van der Waals surface area contributed by atoms with E-state index in [0.717, 1.165) is 5.56 Å². The highest BCUT2D eigenvalue weighted by atomic mass is 32.2. The van der Waals surface area contributed by atoms with Crippen LogP contribution in [0.15, 0.2) is 35.4 Å². The summed E-state index contributed by atoms with van der Waals surface area (Å²) in [6.45, 7) is 2.52. The molecule has 1 rings (SSSR count). The molecule has 4 heteroatoms. The highest BCUT2D eigenvalue weighted by Gasteiger charge is 1.92. The molecule has 0 fully saturated rings. The summed E-state index contributed by atoms with van der Waals surface area (Å²) in [7, 11) is -2.48. The number of benzene rings is 1. The number of thiol groups is 1. The zero-order chi connectivity index (χ0) is 10.4. The maximum Gasteiger partial charge on any atom is 0.168 e. The Kier molecular flexibility index (Phi) is 4.19. The number of hydrogen-bond donors (Lipinski definition) is 1. The first-order valence-corrected chi connectivity index (χ1v) is 5.44. The van der Waals surface area contributed by atoms with Gasteiger partial charge in [0, 0.05) is 0 Å². The molecule has 0 aromatic heterocycles. The summed E-state index contributed by atoms with van der Waals surface area (Å²) in [4.78, 5) is 0.327. The molecule has 0 aliphatic rings. The highest BCUT2D eigenvalue weighted by Crippen LogP contribution is 2.06. The van der Waals surface area contributed by atoms with E-state index in [1.807, 2.05) is 6.92 Å². The lowest BCUT2D eigenvalue weighted by Gasteiger charge is -1.95. The molecule has 0 unspecified atom stereocenters. The lowest BCUT2D eigenvalue weighted by atomic mass is 10.2. The fraction of sp³-hybridized carbons (Fsp3) is 0.200. The van der Waals surface area contributed by atoms with Gasteiger partial charge in [-0.05, 0) is 30.7 Å². The Bertz CT molecular complexity index is 369. The van der Waals surface area contributed by atoms with E-state index in [-0.39, 0.29) is 0 Å². The van der Waals surface area contributed by atoms with Gasteiger partial charge >= 0.3 is 0 Å². The molecule has 0 radical (unpaired) electrons. The Morgan fingerprint density at radius 3 is 2.43 bits per heavy atom. The molecule has 0 aliphatic carbocycles. The SMILES string of the molecule is CCOC=Cc1ccc([SH](=O)=O)cc1. The van der Waals surface area contributed by atoms with Gasteiger partial charge in [0.2, 0.25) is 0 Å². The van der Waals surface area contributed by atoms with Crippen molar-refractivity contribution in [2.45, 2.75) is 11.8 Å². The first-order chi connectivity index (χ1) is 6.74. The molecular formula is C10H12O3S. The molecule has 0 heterocycles. The molecule has 0 bridgehead atoms. The van der Waals surface area contributed by atoms with Crippen LogP contribution in [0.3, 0.4) is 0 Å². The van der Waals surface area contributed by atoms with Crippen LogP contribution in [-0.4, -0.2) is 15.0 Å². The van der Waals surface area contributed by atoms with Crippen molar-refractivity contribution in [1.29, 1.82) is 0 Å². The van der Waals surface area contributed by atoms with E-state index in [1.54, 1.807) is 36.6 Å². The topological polar surface area (TPSA) is 43.4 Å². The second-order valence-corrected chi connectivity index (χ2v) is 3.64. The van der Waals surface area contributed by atoms with Crippen LogP contribution in [0.5, 0.6) is 0 Å². The van der Waals surface area contributed by atoms with Gasteiger partial charge in [0.15, 0.2) is 10.7 Å². The van der Waals surface area contributed by atoms with E-state index in [1.165, 1.54) is 0 Å². The van der Waals surface area contributed by atoms with E-state index in [4.69, 9.17) is 4.74 Å². The van der Waals surface area contributed by atoms with Crippen molar-refractivity contribution in [3.8, 4) is 0 Å². The summed E-state index contributed by atoms with van der Waals surface area (Å²) in [6.07, 6.45) is 3.37. The third-order valence-electron chi connectivity index (χ3n) is 1.63. The second kappa shape index (κ2) is 5.44. The Hall–Kier alpha value is -1.29. The van der Waals surface area contributed by atoms with E-state index in [9.17, 15) is 8.42 Å². The average molecular weight is 212 g/mol. The first-order valence-electron chi connectivity index (χ1n) is 4.26. The predicted octanol–water partition coefficient (Wildman–Crippen LogP) is 1.66. The molecule has 1 aromatic carbocycles. The molecular weight excluding hydrogens is 200 g/mol. The van der Waals surface area contributed by atoms with Gasteiger partial charge < -0.3 is 4.74 Å². The van der Waals surface area contributed by atoms with Crippen LogP contribution in [-0.2, 0) is 15.4 Å². The van der Waals surface area contributed by atoms with Gasteiger partial charge in [-0.15, -0.1) is 0 Å². The van der Waals surface area contributed by atoms with Gasteiger partial charge in [-0.3, -0.25) is 0 Å². The van der Waals surface area contributed by atoms with Crippen LogP contribution in [0.2, 0.25) is 0 Å². The monoisotopic (exact) mass is 212 g/mol. The predicted molar refractivity (Wildman–Crippen MR) is 55.7 cm³/mol. The van der Waals surface area contributed by atoms with Crippen LogP contribution in [0, 0.1) is 0 Å². The third kappa shape index (κ3) is 3.22. The average Bonchev–Trinajstić information content (AvgIpc) is 2.19. The van der Waals surface area contributed by atoms with Crippen molar-refractivity contribution in [1.82, 2.24) is 0 Å². The van der Waals surface area contributed by atoms with Gasteiger partial charge in [0.05, 0.1) is 17.8 Å². The van der Waals surface area contributed by atoms with Crippen LogP contribution in [0.25, 0.3) is 6.08 Å². The molecule has 76 valence electrons. The number of hydrogen-bond acceptors (Lipinski definition) is 3. The molecule has 0 spiro atoms. The van der Waals surface area contributed by atoms with Gasteiger partial charge in [0.25, 0.3) is 0 Å². The standard InChI is InChI=1S/C10H12O3S/c1-2-13-8-7-9-3-5-10(6-4-9)14(11)12/h3-8,14H,2H2,1H3. The van der Waals surface area contributed by atoms with Gasteiger partial charge in [0.1, 0.15) is 0 Å². The number of ether oxygens (including phenoxy) is 1. The smallest absolute Gasteiger partial charge is 0.168 e. The summed E-state index contributed by atoms with van der Waals surface area (Å²) in [5.41, 5.74) is 0.916. The Morgan fingerprint density at radius 1 is 1.29 bits per heavy atom. The Morgan fingerprint density at radius 2 is 1.93 bits per heavy atom. The normalized spacial score (nSPS) is 11.0. The van der Waals surface area contributed by atoms with Gasteiger partial charge in [-0.2, -0.15) is 0 Å². The molecule has 1 aromatic rings. The van der Waals surface area contributed by atoms with Crippen LogP contribution < -0.4 is 0 Å². The minimum absolute atomic E-state index is 0.327. The van der Waals surface area contributed by atoms with Crippen molar-refractivity contribution < 1.29 is 13.2 Å². The Labute approximate surface area is 85.0 Å². The zero-order valence-corrected chi connectivity index (χ0v) is 8.74. The molecule has 0 amide bonds. The highest BCUT2D eigenvalue weighted by molar-refractivity contribution is 7.72. The molecule has 0 aliphatic heterocycles. The summed E-state index contributed by atoms with van der Waals surface area (Å²) >= 11 is 0. The summed E-state index contributed by atoms with van der Waals surface area (Å²) < 4.78 is 26.1. The minimum atomic E-state index is -2.48. The summed E-state index contributed by atoms with van der Waals surface area (Å²) in [5.74, 6) is 0. The molecule has 0 saturated carbocycles. The van der Waals surface area contributed by atoms with Gasteiger partial charge in [-0.1, -0.05) is 12.1 Å². The van der Waals surface area contributed by atoms with E-state index in [2.05, 4.69) is 0 Å². The van der Waals surface area contributed by atoms with Crippen LogP contribution in [0.4, 0.5) is 0 Å². The van der Waals surface area contributed by atoms with Crippen molar-refractivity contribution in [3.63, 3.8) is 0 Å². The zero-order valence-electron chi connectivity index (χ0n) is 7.84. The van der Waals surface area contributed by atoms with E-state index >= 15 is 0 Å².